The molecular weight excluding hydrogens is 260 g/mol. The van der Waals surface area contributed by atoms with Crippen molar-refractivity contribution in [2.45, 2.75) is 19.4 Å². The predicted octanol–water partition coefficient (Wildman–Crippen LogP) is 1.84. The van der Waals surface area contributed by atoms with Gasteiger partial charge in [0, 0.05) is 31.6 Å². The molecule has 0 amide bonds. The van der Waals surface area contributed by atoms with E-state index in [1.807, 2.05) is 37.2 Å². The van der Waals surface area contributed by atoms with Crippen molar-refractivity contribution in [3.05, 3.63) is 29.8 Å². The van der Waals surface area contributed by atoms with Crippen molar-refractivity contribution in [1.29, 1.82) is 0 Å². The van der Waals surface area contributed by atoms with Crippen LogP contribution in [-0.2, 0) is 9.84 Å². The molecule has 19 heavy (non-hydrogen) atoms. The molecule has 0 bridgehead atoms. The van der Waals surface area contributed by atoms with Gasteiger partial charge in [-0.3, -0.25) is 0 Å². The Hall–Kier alpha value is -1.07. The maximum atomic E-state index is 11.3. The third-order valence-electron chi connectivity index (χ3n) is 3.28. The highest BCUT2D eigenvalue weighted by atomic mass is 32.2. The molecule has 1 aromatic rings. The minimum absolute atomic E-state index is 0.175. The molecule has 108 valence electrons. The molecule has 1 N–H and O–H groups in total. The van der Waals surface area contributed by atoms with Gasteiger partial charge in [-0.05, 0) is 25.1 Å². The van der Waals surface area contributed by atoms with Crippen LogP contribution in [0, 0.1) is 0 Å². The van der Waals surface area contributed by atoms with Gasteiger partial charge < -0.3 is 10.2 Å². The highest BCUT2D eigenvalue weighted by Crippen LogP contribution is 2.27. The molecule has 0 aliphatic rings. The second-order valence-corrected chi connectivity index (χ2v) is 7.12. The molecular formula is C14H24N2O2S. The first-order chi connectivity index (χ1) is 8.89. The second-order valence-electron chi connectivity index (χ2n) is 4.86. The summed E-state index contributed by atoms with van der Waals surface area (Å²) in [6, 6.07) is 8.42. The average molecular weight is 284 g/mol. The number of nitrogens with one attached hydrogen (secondary N) is 1. The van der Waals surface area contributed by atoms with Gasteiger partial charge in [0.2, 0.25) is 0 Å². The smallest absolute Gasteiger partial charge is 0.149 e. The van der Waals surface area contributed by atoms with Crippen molar-refractivity contribution in [2.24, 2.45) is 0 Å². The van der Waals surface area contributed by atoms with Crippen LogP contribution in [0.3, 0.4) is 0 Å². The van der Waals surface area contributed by atoms with Crippen LogP contribution in [0.15, 0.2) is 24.3 Å². The fourth-order valence-corrected chi connectivity index (χ4v) is 2.74. The molecule has 5 heteroatoms. The van der Waals surface area contributed by atoms with Gasteiger partial charge in [-0.2, -0.15) is 0 Å². The number of benzene rings is 1. The van der Waals surface area contributed by atoms with E-state index in [0.29, 0.717) is 6.54 Å². The Labute approximate surface area is 116 Å². The molecule has 0 heterocycles. The van der Waals surface area contributed by atoms with E-state index in [1.165, 1.54) is 11.8 Å². The molecule has 0 aliphatic heterocycles. The number of anilines is 1. The lowest BCUT2D eigenvalue weighted by atomic mass is 10.0. The molecule has 0 fully saturated rings. The molecule has 1 atom stereocenters. The van der Waals surface area contributed by atoms with Crippen molar-refractivity contribution >= 4 is 15.5 Å². The normalized spacial score (nSPS) is 13.3. The van der Waals surface area contributed by atoms with Crippen LogP contribution in [-0.4, -0.2) is 41.1 Å². The minimum atomic E-state index is -2.93. The molecule has 0 saturated heterocycles. The summed E-state index contributed by atoms with van der Waals surface area (Å²) in [5, 5.41) is 3.29. The summed E-state index contributed by atoms with van der Waals surface area (Å²) in [6.45, 7) is 2.64. The first-order valence-corrected chi connectivity index (χ1v) is 8.60. The summed E-state index contributed by atoms with van der Waals surface area (Å²) in [5.74, 6) is 0.175. The number of sulfone groups is 1. The summed E-state index contributed by atoms with van der Waals surface area (Å²) in [4.78, 5) is 2.01. The first-order valence-electron chi connectivity index (χ1n) is 6.54. The fraction of sp³-hybridized carbons (Fsp3) is 0.571. The standard InChI is InChI=1S/C14H24N2O2S/c1-5-13(15-2)12-8-6-7-9-14(12)16(3)10-11-19(4,17)18/h6-9,13,15H,5,10-11H2,1-4H3. The van der Waals surface area contributed by atoms with E-state index in [9.17, 15) is 8.42 Å². The first kappa shape index (κ1) is 16.0. The highest BCUT2D eigenvalue weighted by molar-refractivity contribution is 7.90. The van der Waals surface area contributed by atoms with Gasteiger partial charge in [-0.1, -0.05) is 25.1 Å². The van der Waals surface area contributed by atoms with Crippen molar-refractivity contribution in [3.8, 4) is 0 Å². The maximum absolute atomic E-state index is 11.3. The van der Waals surface area contributed by atoms with E-state index in [0.717, 1.165) is 12.1 Å². The molecule has 0 saturated carbocycles. The van der Waals surface area contributed by atoms with Crippen molar-refractivity contribution in [3.63, 3.8) is 0 Å². The van der Waals surface area contributed by atoms with E-state index in [2.05, 4.69) is 18.3 Å². The van der Waals surface area contributed by atoms with Crippen molar-refractivity contribution < 1.29 is 8.42 Å². The van der Waals surface area contributed by atoms with Gasteiger partial charge >= 0.3 is 0 Å². The quantitative estimate of drug-likeness (QED) is 0.830. The maximum Gasteiger partial charge on any atom is 0.149 e. The molecule has 1 unspecified atom stereocenters. The third kappa shape index (κ3) is 4.84. The van der Waals surface area contributed by atoms with Crippen LogP contribution in [0.5, 0.6) is 0 Å². The van der Waals surface area contributed by atoms with Crippen LogP contribution >= 0.6 is 0 Å². The predicted molar refractivity (Wildman–Crippen MR) is 81.5 cm³/mol. The van der Waals surface area contributed by atoms with Crippen LogP contribution in [0.4, 0.5) is 5.69 Å². The van der Waals surface area contributed by atoms with Crippen molar-refractivity contribution in [2.75, 3.05) is 37.5 Å². The fourth-order valence-electron chi connectivity index (χ4n) is 2.13. The molecule has 0 spiro atoms. The molecule has 4 nitrogen and oxygen atoms in total. The van der Waals surface area contributed by atoms with Crippen LogP contribution in [0.1, 0.15) is 24.9 Å². The van der Waals surface area contributed by atoms with Gasteiger partial charge in [0.1, 0.15) is 9.84 Å². The molecule has 0 radical (unpaired) electrons. The van der Waals surface area contributed by atoms with E-state index in [-0.39, 0.29) is 11.8 Å². The summed E-state index contributed by atoms with van der Waals surface area (Å²) in [6.07, 6.45) is 2.27. The zero-order chi connectivity index (χ0) is 14.5. The number of rotatable bonds is 7. The topological polar surface area (TPSA) is 49.4 Å². The molecule has 0 aliphatic carbocycles. The summed E-state index contributed by atoms with van der Waals surface area (Å²) in [7, 11) is 0.954. The lowest BCUT2D eigenvalue weighted by Gasteiger charge is -2.25. The van der Waals surface area contributed by atoms with Gasteiger partial charge in [0.15, 0.2) is 0 Å². The van der Waals surface area contributed by atoms with Gasteiger partial charge in [0.05, 0.1) is 5.75 Å². The highest BCUT2D eigenvalue weighted by Gasteiger charge is 2.14. The van der Waals surface area contributed by atoms with E-state index in [4.69, 9.17) is 0 Å². The molecule has 1 rings (SSSR count). The lowest BCUT2D eigenvalue weighted by Crippen LogP contribution is -2.27. The van der Waals surface area contributed by atoms with Crippen LogP contribution in [0.2, 0.25) is 0 Å². The SMILES string of the molecule is CCC(NC)c1ccccc1N(C)CCS(C)(=O)=O. The Bertz CT molecular complexity index is 496. The molecule has 0 aromatic heterocycles. The lowest BCUT2D eigenvalue weighted by molar-refractivity contribution is 0.576. The van der Waals surface area contributed by atoms with E-state index >= 15 is 0 Å². The number of hydrogen-bond acceptors (Lipinski definition) is 4. The largest absolute Gasteiger partial charge is 0.373 e. The molecule has 1 aromatic carbocycles. The Morgan fingerprint density at radius 1 is 1.32 bits per heavy atom. The number of nitrogens with zero attached hydrogens (tertiary/aromatic N) is 1. The van der Waals surface area contributed by atoms with Gasteiger partial charge in [-0.25, -0.2) is 8.42 Å². The Morgan fingerprint density at radius 2 is 1.95 bits per heavy atom. The Morgan fingerprint density at radius 3 is 2.47 bits per heavy atom. The van der Waals surface area contributed by atoms with Crippen molar-refractivity contribution in [1.82, 2.24) is 5.32 Å². The summed E-state index contributed by atoms with van der Waals surface area (Å²) < 4.78 is 22.5. The second kappa shape index (κ2) is 6.91. The van der Waals surface area contributed by atoms with Gasteiger partial charge in [-0.15, -0.1) is 0 Å². The number of para-hydroxylation sites is 1. The summed E-state index contributed by atoms with van der Waals surface area (Å²) in [5.41, 5.74) is 2.30. The monoisotopic (exact) mass is 284 g/mol. The number of hydrogen-bond donors (Lipinski definition) is 1. The summed E-state index contributed by atoms with van der Waals surface area (Å²) >= 11 is 0. The van der Waals surface area contributed by atoms with E-state index in [1.54, 1.807) is 0 Å². The zero-order valence-electron chi connectivity index (χ0n) is 12.2. The minimum Gasteiger partial charge on any atom is -0.373 e. The van der Waals surface area contributed by atoms with E-state index < -0.39 is 9.84 Å². The van der Waals surface area contributed by atoms with Crippen LogP contribution < -0.4 is 10.2 Å². The van der Waals surface area contributed by atoms with Gasteiger partial charge in [0.25, 0.3) is 0 Å². The third-order valence-corrected chi connectivity index (χ3v) is 4.20. The Kier molecular flexibility index (Phi) is 5.82. The average Bonchev–Trinajstić information content (AvgIpc) is 2.37. The van der Waals surface area contributed by atoms with Crippen LogP contribution in [0.25, 0.3) is 0 Å². The zero-order valence-corrected chi connectivity index (χ0v) is 13.0. The Balaban J connectivity index is 2.93.